The molecule has 0 radical (unpaired) electrons. The van der Waals surface area contributed by atoms with Gasteiger partial charge in [-0.3, -0.25) is 0 Å². The van der Waals surface area contributed by atoms with Gasteiger partial charge in [0.25, 0.3) is 0 Å². The first kappa shape index (κ1) is 24.6. The van der Waals surface area contributed by atoms with Crippen LogP contribution in [0.4, 0.5) is 9.18 Å². The fourth-order valence-electron chi connectivity index (χ4n) is 4.18. The van der Waals surface area contributed by atoms with Crippen molar-refractivity contribution in [1.82, 2.24) is 4.90 Å². The number of carbonyl (C=O) groups excluding carboxylic acids is 1. The van der Waals surface area contributed by atoms with Crippen LogP contribution in [-0.4, -0.2) is 62.7 Å². The highest BCUT2D eigenvalue weighted by atomic mass is 19.1. The van der Waals surface area contributed by atoms with Crippen LogP contribution in [0.25, 0.3) is 0 Å². The molecule has 1 aliphatic rings. The van der Waals surface area contributed by atoms with Crippen molar-refractivity contribution in [1.29, 1.82) is 0 Å². The fraction of sp³-hybridized carbons (Fsp3) is 0.480. The first-order valence-electron chi connectivity index (χ1n) is 11.0. The Kier molecular flexibility index (Phi) is 8.02. The Balaban J connectivity index is 1.67. The van der Waals surface area contributed by atoms with E-state index in [1.807, 2.05) is 25.1 Å². The number of hydrogen-bond acceptors (Lipinski definition) is 6. The lowest BCUT2D eigenvalue weighted by atomic mass is 9.72. The van der Waals surface area contributed by atoms with Crippen LogP contribution in [0.2, 0.25) is 0 Å². The van der Waals surface area contributed by atoms with E-state index in [0.717, 1.165) is 5.56 Å². The lowest BCUT2D eigenvalue weighted by Gasteiger charge is -2.33. The van der Waals surface area contributed by atoms with Crippen molar-refractivity contribution in [3.8, 4) is 17.2 Å². The molecule has 33 heavy (non-hydrogen) atoms. The monoisotopic (exact) mass is 461 g/mol. The number of ether oxygens (including phenoxy) is 4. The molecule has 0 bridgehead atoms. The minimum absolute atomic E-state index is 0.105. The van der Waals surface area contributed by atoms with Crippen molar-refractivity contribution in [3.63, 3.8) is 0 Å². The highest BCUT2D eigenvalue weighted by Gasteiger charge is 2.48. The van der Waals surface area contributed by atoms with Crippen molar-refractivity contribution in [2.75, 3.05) is 40.5 Å². The molecule has 7 nitrogen and oxygen atoms in total. The van der Waals surface area contributed by atoms with Gasteiger partial charge in [0.2, 0.25) is 0 Å². The summed E-state index contributed by atoms with van der Waals surface area (Å²) >= 11 is 0. The second kappa shape index (κ2) is 10.7. The number of methoxy groups -OCH3 is 2. The molecule has 0 aromatic heterocycles. The lowest BCUT2D eigenvalue weighted by molar-refractivity contribution is 0.0470. The average molecular weight is 462 g/mol. The van der Waals surface area contributed by atoms with Crippen LogP contribution < -0.4 is 14.2 Å². The zero-order chi connectivity index (χ0) is 24.0. The third-order valence-corrected chi connectivity index (χ3v) is 6.34. The van der Waals surface area contributed by atoms with Gasteiger partial charge in [-0.15, -0.1) is 0 Å². The van der Waals surface area contributed by atoms with Crippen molar-refractivity contribution in [2.45, 2.75) is 32.3 Å². The number of benzene rings is 2. The molecule has 1 saturated heterocycles. The first-order valence-corrected chi connectivity index (χ1v) is 11.0. The van der Waals surface area contributed by atoms with Crippen LogP contribution >= 0.6 is 0 Å². The lowest BCUT2D eigenvalue weighted by Crippen LogP contribution is -2.38. The fourth-order valence-corrected chi connectivity index (χ4v) is 4.18. The van der Waals surface area contributed by atoms with Gasteiger partial charge in [0.05, 0.1) is 33.5 Å². The summed E-state index contributed by atoms with van der Waals surface area (Å²) < 4.78 is 34.9. The SMILES string of the molecule is COC(=O)N1C[C@@H](c2ccc(OC)c(OCCCOc3ccc(F)cc3)c2)[C@](C)([C@@H](C)O)C1. The number of carbonyl (C=O) groups is 1. The highest BCUT2D eigenvalue weighted by molar-refractivity contribution is 5.68. The third kappa shape index (κ3) is 5.68. The number of rotatable bonds is 9. The zero-order valence-electron chi connectivity index (χ0n) is 19.5. The summed E-state index contributed by atoms with van der Waals surface area (Å²) in [7, 11) is 2.93. The largest absolute Gasteiger partial charge is 0.493 e. The Morgan fingerprint density at radius 2 is 1.85 bits per heavy atom. The predicted octanol–water partition coefficient (Wildman–Crippen LogP) is 4.23. The maximum atomic E-state index is 13.0. The van der Waals surface area contributed by atoms with Crippen LogP contribution in [0.3, 0.4) is 0 Å². The molecule has 2 aromatic carbocycles. The Morgan fingerprint density at radius 1 is 1.15 bits per heavy atom. The van der Waals surface area contributed by atoms with E-state index in [1.165, 1.54) is 19.2 Å². The molecular weight excluding hydrogens is 429 g/mol. The number of aliphatic hydroxyl groups is 1. The van der Waals surface area contributed by atoms with Crippen molar-refractivity contribution < 1.29 is 33.2 Å². The third-order valence-electron chi connectivity index (χ3n) is 6.34. The summed E-state index contributed by atoms with van der Waals surface area (Å²) in [6.45, 7) is 5.37. The van der Waals surface area contributed by atoms with E-state index >= 15 is 0 Å². The predicted molar refractivity (Wildman–Crippen MR) is 122 cm³/mol. The van der Waals surface area contributed by atoms with E-state index in [-0.39, 0.29) is 11.7 Å². The van der Waals surface area contributed by atoms with Gasteiger partial charge in [0, 0.05) is 30.8 Å². The minimum Gasteiger partial charge on any atom is -0.493 e. The molecule has 8 heteroatoms. The molecule has 0 saturated carbocycles. The summed E-state index contributed by atoms with van der Waals surface area (Å²) in [4.78, 5) is 13.8. The van der Waals surface area contributed by atoms with Crippen molar-refractivity contribution in [3.05, 3.63) is 53.8 Å². The molecule has 1 amide bonds. The van der Waals surface area contributed by atoms with Crippen molar-refractivity contribution in [2.24, 2.45) is 5.41 Å². The maximum Gasteiger partial charge on any atom is 0.409 e. The Hall–Kier alpha value is -3.00. The van der Waals surface area contributed by atoms with E-state index in [2.05, 4.69) is 0 Å². The molecule has 3 atom stereocenters. The van der Waals surface area contributed by atoms with E-state index in [1.54, 1.807) is 31.1 Å². The number of amides is 1. The second-order valence-electron chi connectivity index (χ2n) is 8.50. The standard InChI is InChI=1S/C25H32FNO6/c1-17(28)25(2)16-27(24(29)31-4)15-21(25)18-6-11-22(30-3)23(14-18)33-13-5-12-32-20-9-7-19(26)8-10-20/h6-11,14,17,21,28H,5,12-13,15-16H2,1-4H3/t17-,21+,25+/m1/s1. The number of aliphatic hydroxyl groups excluding tert-OH is 1. The molecule has 1 heterocycles. The van der Waals surface area contributed by atoms with E-state index in [0.29, 0.717) is 50.0 Å². The highest BCUT2D eigenvalue weighted by Crippen LogP contribution is 2.47. The Labute approximate surface area is 194 Å². The van der Waals surface area contributed by atoms with Gasteiger partial charge in [-0.25, -0.2) is 9.18 Å². The molecule has 0 aliphatic carbocycles. The minimum atomic E-state index is -0.632. The van der Waals surface area contributed by atoms with Gasteiger partial charge in [0.1, 0.15) is 11.6 Å². The van der Waals surface area contributed by atoms with E-state index in [4.69, 9.17) is 18.9 Å². The zero-order valence-corrected chi connectivity index (χ0v) is 19.5. The summed E-state index contributed by atoms with van der Waals surface area (Å²) in [5, 5.41) is 10.5. The van der Waals surface area contributed by atoms with Crippen LogP contribution in [0.15, 0.2) is 42.5 Å². The van der Waals surface area contributed by atoms with Crippen LogP contribution in [0.5, 0.6) is 17.2 Å². The molecule has 0 spiro atoms. The van der Waals surface area contributed by atoms with Gasteiger partial charge in [-0.1, -0.05) is 13.0 Å². The summed E-state index contributed by atoms with van der Waals surface area (Å²) in [5.41, 5.74) is 0.409. The number of likely N-dealkylation sites (tertiary alicyclic amines) is 1. The van der Waals surface area contributed by atoms with E-state index in [9.17, 15) is 14.3 Å². The first-order chi connectivity index (χ1) is 15.8. The van der Waals surface area contributed by atoms with Gasteiger partial charge in [-0.2, -0.15) is 0 Å². The molecule has 1 aliphatic heterocycles. The van der Waals surface area contributed by atoms with Gasteiger partial charge < -0.3 is 29.0 Å². The topological polar surface area (TPSA) is 77.5 Å². The molecule has 3 rings (SSSR count). The van der Waals surface area contributed by atoms with Crippen LogP contribution in [-0.2, 0) is 4.74 Å². The summed E-state index contributed by atoms with van der Waals surface area (Å²) in [6.07, 6.45) is -0.418. The summed E-state index contributed by atoms with van der Waals surface area (Å²) in [6, 6.07) is 11.6. The van der Waals surface area contributed by atoms with Gasteiger partial charge in [-0.05, 0) is 48.9 Å². The smallest absolute Gasteiger partial charge is 0.409 e. The van der Waals surface area contributed by atoms with Crippen LogP contribution in [0.1, 0.15) is 31.7 Å². The number of hydrogen-bond donors (Lipinski definition) is 1. The quantitative estimate of drug-likeness (QED) is 0.563. The molecule has 0 unspecified atom stereocenters. The number of nitrogens with zero attached hydrogens (tertiary/aromatic N) is 1. The molecule has 180 valence electrons. The van der Waals surface area contributed by atoms with Gasteiger partial charge >= 0.3 is 6.09 Å². The molecular formula is C25H32FNO6. The average Bonchev–Trinajstić information content (AvgIpc) is 3.18. The van der Waals surface area contributed by atoms with E-state index < -0.39 is 17.6 Å². The Bertz CT molecular complexity index is 935. The molecule has 1 fully saturated rings. The molecule has 2 aromatic rings. The molecule has 1 N–H and O–H groups in total. The second-order valence-corrected chi connectivity index (χ2v) is 8.50. The normalized spacial score (nSPS) is 20.9. The Morgan fingerprint density at radius 3 is 2.48 bits per heavy atom. The maximum absolute atomic E-state index is 13.0. The van der Waals surface area contributed by atoms with Crippen molar-refractivity contribution >= 4 is 6.09 Å². The van der Waals surface area contributed by atoms with Crippen LogP contribution in [0, 0.1) is 11.2 Å². The summed E-state index contributed by atoms with van der Waals surface area (Å²) in [5.74, 6) is 1.37. The van der Waals surface area contributed by atoms with Gasteiger partial charge in [0.15, 0.2) is 11.5 Å². The number of halogens is 1.